The molecule has 0 spiro atoms. The van der Waals surface area contributed by atoms with Gasteiger partial charge in [-0.05, 0) is 55.7 Å². The molecule has 0 saturated heterocycles. The Morgan fingerprint density at radius 1 is 1.19 bits per heavy atom. The van der Waals surface area contributed by atoms with E-state index in [0.717, 1.165) is 29.9 Å². The van der Waals surface area contributed by atoms with Crippen molar-refractivity contribution < 1.29 is 9.18 Å². The third-order valence-electron chi connectivity index (χ3n) is 4.41. The van der Waals surface area contributed by atoms with Crippen LogP contribution in [0.1, 0.15) is 34.6 Å². The number of hydrogen-bond acceptors (Lipinski definition) is 4. The molecule has 1 amide bonds. The number of thioether (sulfide) groups is 1. The number of aromatic nitrogens is 3. The van der Waals surface area contributed by atoms with Gasteiger partial charge in [-0.1, -0.05) is 30.0 Å². The molecule has 1 aliphatic rings. The molecule has 0 aliphatic heterocycles. The summed E-state index contributed by atoms with van der Waals surface area (Å²) in [7, 11) is 0. The Labute approximate surface area is 161 Å². The van der Waals surface area contributed by atoms with E-state index in [4.69, 9.17) is 0 Å². The highest BCUT2D eigenvalue weighted by Gasteiger charge is 2.24. The molecule has 27 heavy (non-hydrogen) atoms. The van der Waals surface area contributed by atoms with E-state index in [1.807, 2.05) is 35.8 Å². The number of hydrogen-bond donors (Lipinski definition) is 1. The van der Waals surface area contributed by atoms with Crippen LogP contribution in [-0.2, 0) is 5.75 Å². The first-order valence-corrected chi connectivity index (χ1v) is 9.80. The van der Waals surface area contributed by atoms with E-state index in [9.17, 15) is 9.18 Å². The number of benzene rings is 2. The zero-order chi connectivity index (χ0) is 18.8. The predicted molar refractivity (Wildman–Crippen MR) is 103 cm³/mol. The average molecular weight is 382 g/mol. The van der Waals surface area contributed by atoms with Crippen molar-refractivity contribution in [1.29, 1.82) is 0 Å². The standard InChI is InChI=1S/C20H19FN4OS/c1-13-23-24-20(25(13)17-10-6-15(21)7-11-17)27-12-14-4-2-3-5-18(14)19(26)22-16-8-9-16/h2-7,10-11,16H,8-9,12H2,1H3,(H,22,26). The lowest BCUT2D eigenvalue weighted by molar-refractivity contribution is 0.0950. The topological polar surface area (TPSA) is 59.8 Å². The molecule has 1 fully saturated rings. The molecule has 7 heteroatoms. The van der Waals surface area contributed by atoms with Crippen LogP contribution in [0.25, 0.3) is 5.69 Å². The van der Waals surface area contributed by atoms with E-state index in [-0.39, 0.29) is 11.7 Å². The number of nitrogens with zero attached hydrogens (tertiary/aromatic N) is 3. The second-order valence-corrected chi connectivity index (χ2v) is 7.48. The Morgan fingerprint density at radius 2 is 1.93 bits per heavy atom. The molecule has 2 aromatic carbocycles. The quantitative estimate of drug-likeness (QED) is 0.657. The van der Waals surface area contributed by atoms with Crippen LogP contribution in [0.3, 0.4) is 0 Å². The third kappa shape index (κ3) is 4.03. The summed E-state index contributed by atoms with van der Waals surface area (Å²) in [6, 6.07) is 14.2. The summed E-state index contributed by atoms with van der Waals surface area (Å²) in [6.07, 6.45) is 2.12. The highest BCUT2D eigenvalue weighted by atomic mass is 32.2. The van der Waals surface area contributed by atoms with Crippen molar-refractivity contribution in [2.45, 2.75) is 36.7 Å². The second-order valence-electron chi connectivity index (χ2n) is 6.54. The van der Waals surface area contributed by atoms with Gasteiger partial charge >= 0.3 is 0 Å². The van der Waals surface area contributed by atoms with Gasteiger partial charge in [0.05, 0.1) is 0 Å². The van der Waals surface area contributed by atoms with Crippen LogP contribution in [0.2, 0.25) is 0 Å². The lowest BCUT2D eigenvalue weighted by Gasteiger charge is -2.11. The fraction of sp³-hybridized carbons (Fsp3) is 0.250. The van der Waals surface area contributed by atoms with E-state index in [1.54, 1.807) is 12.1 Å². The fourth-order valence-corrected chi connectivity index (χ4v) is 3.83. The number of aryl methyl sites for hydroxylation is 1. The molecule has 4 rings (SSSR count). The maximum atomic E-state index is 13.2. The Bertz CT molecular complexity index is 966. The van der Waals surface area contributed by atoms with Crippen LogP contribution < -0.4 is 5.32 Å². The van der Waals surface area contributed by atoms with Gasteiger partial charge in [0.15, 0.2) is 5.16 Å². The lowest BCUT2D eigenvalue weighted by Crippen LogP contribution is -2.26. The van der Waals surface area contributed by atoms with Gasteiger partial charge in [0.2, 0.25) is 0 Å². The van der Waals surface area contributed by atoms with Gasteiger partial charge in [0.1, 0.15) is 11.6 Å². The monoisotopic (exact) mass is 382 g/mol. The predicted octanol–water partition coefficient (Wildman–Crippen LogP) is 3.90. The van der Waals surface area contributed by atoms with Gasteiger partial charge in [-0.15, -0.1) is 10.2 Å². The van der Waals surface area contributed by atoms with Gasteiger partial charge in [-0.2, -0.15) is 0 Å². The van der Waals surface area contributed by atoms with Crippen LogP contribution in [-0.4, -0.2) is 26.7 Å². The van der Waals surface area contributed by atoms with Crippen molar-refractivity contribution in [3.63, 3.8) is 0 Å². The van der Waals surface area contributed by atoms with Crippen LogP contribution in [0.5, 0.6) is 0 Å². The summed E-state index contributed by atoms with van der Waals surface area (Å²) in [5.41, 5.74) is 2.45. The van der Waals surface area contributed by atoms with Gasteiger partial charge in [0.25, 0.3) is 5.91 Å². The van der Waals surface area contributed by atoms with Crippen LogP contribution >= 0.6 is 11.8 Å². The van der Waals surface area contributed by atoms with Gasteiger partial charge in [-0.3, -0.25) is 9.36 Å². The second kappa shape index (κ2) is 7.52. The minimum Gasteiger partial charge on any atom is -0.349 e. The van der Waals surface area contributed by atoms with Crippen molar-refractivity contribution >= 4 is 17.7 Å². The first-order valence-electron chi connectivity index (χ1n) is 8.81. The summed E-state index contributed by atoms with van der Waals surface area (Å²) in [5.74, 6) is 1.01. The Hall–Kier alpha value is -2.67. The van der Waals surface area contributed by atoms with E-state index in [0.29, 0.717) is 22.5 Å². The summed E-state index contributed by atoms with van der Waals surface area (Å²) in [4.78, 5) is 12.5. The Morgan fingerprint density at radius 3 is 2.67 bits per heavy atom. The number of carbonyl (C=O) groups excluding carboxylic acids is 1. The van der Waals surface area contributed by atoms with Gasteiger partial charge in [-0.25, -0.2) is 4.39 Å². The number of halogens is 1. The fourth-order valence-electron chi connectivity index (χ4n) is 2.82. The molecule has 0 radical (unpaired) electrons. The van der Waals surface area contributed by atoms with Gasteiger partial charge in [0, 0.05) is 23.0 Å². The number of rotatable bonds is 6. The molecule has 1 N–H and O–H groups in total. The van der Waals surface area contributed by atoms with E-state index in [1.165, 1.54) is 23.9 Å². The third-order valence-corrected chi connectivity index (χ3v) is 5.39. The Kier molecular flexibility index (Phi) is 4.94. The van der Waals surface area contributed by atoms with Crippen molar-refractivity contribution in [1.82, 2.24) is 20.1 Å². The van der Waals surface area contributed by atoms with Crippen LogP contribution in [0.4, 0.5) is 4.39 Å². The van der Waals surface area contributed by atoms with E-state index < -0.39 is 0 Å². The minimum atomic E-state index is -0.283. The normalized spacial score (nSPS) is 13.6. The average Bonchev–Trinajstić information content (AvgIpc) is 3.41. The highest BCUT2D eigenvalue weighted by Crippen LogP contribution is 2.27. The van der Waals surface area contributed by atoms with E-state index in [2.05, 4.69) is 15.5 Å². The van der Waals surface area contributed by atoms with E-state index >= 15 is 0 Å². The number of carbonyl (C=O) groups is 1. The van der Waals surface area contributed by atoms with Gasteiger partial charge < -0.3 is 5.32 Å². The molecular formula is C20H19FN4OS. The Balaban J connectivity index is 1.55. The molecular weight excluding hydrogens is 363 g/mol. The largest absolute Gasteiger partial charge is 0.349 e. The zero-order valence-electron chi connectivity index (χ0n) is 14.9. The molecule has 1 heterocycles. The van der Waals surface area contributed by atoms with Crippen LogP contribution in [0.15, 0.2) is 53.7 Å². The molecule has 1 saturated carbocycles. The first-order chi connectivity index (χ1) is 13.1. The first kappa shape index (κ1) is 17.7. The molecule has 0 unspecified atom stereocenters. The van der Waals surface area contributed by atoms with Crippen molar-refractivity contribution in [3.8, 4) is 5.69 Å². The maximum absolute atomic E-state index is 13.2. The SMILES string of the molecule is Cc1nnc(SCc2ccccc2C(=O)NC2CC2)n1-c1ccc(F)cc1. The smallest absolute Gasteiger partial charge is 0.251 e. The molecule has 0 bridgehead atoms. The van der Waals surface area contributed by atoms with Crippen molar-refractivity contribution in [2.75, 3.05) is 0 Å². The zero-order valence-corrected chi connectivity index (χ0v) is 15.7. The summed E-state index contributed by atoms with van der Waals surface area (Å²) < 4.78 is 15.1. The molecule has 138 valence electrons. The summed E-state index contributed by atoms with van der Waals surface area (Å²) in [5, 5.41) is 12.1. The van der Waals surface area contributed by atoms with Crippen molar-refractivity contribution in [2.24, 2.45) is 0 Å². The summed E-state index contributed by atoms with van der Waals surface area (Å²) in [6.45, 7) is 1.86. The summed E-state index contributed by atoms with van der Waals surface area (Å²) >= 11 is 1.50. The highest BCUT2D eigenvalue weighted by molar-refractivity contribution is 7.98. The molecule has 1 aliphatic carbocycles. The number of nitrogens with one attached hydrogen (secondary N) is 1. The minimum absolute atomic E-state index is 0.0233. The molecule has 0 atom stereocenters. The lowest BCUT2D eigenvalue weighted by atomic mass is 10.1. The maximum Gasteiger partial charge on any atom is 0.251 e. The van der Waals surface area contributed by atoms with Crippen LogP contribution in [0, 0.1) is 12.7 Å². The molecule has 1 aromatic heterocycles. The number of amides is 1. The molecule has 3 aromatic rings. The molecule has 5 nitrogen and oxygen atoms in total. The van der Waals surface area contributed by atoms with Crippen molar-refractivity contribution in [3.05, 3.63) is 71.3 Å².